The zero-order valence-electron chi connectivity index (χ0n) is 16.2. The minimum Gasteiger partial charge on any atom is -0.493 e. The van der Waals surface area contributed by atoms with Crippen molar-refractivity contribution in [2.24, 2.45) is 0 Å². The van der Waals surface area contributed by atoms with E-state index in [1.165, 1.54) is 0 Å². The van der Waals surface area contributed by atoms with Crippen LogP contribution in [0.25, 0.3) is 5.69 Å². The Hall–Kier alpha value is -2.00. The van der Waals surface area contributed by atoms with Gasteiger partial charge in [-0.2, -0.15) is 4.68 Å². The lowest BCUT2D eigenvalue weighted by atomic mass is 10.2. The Balaban J connectivity index is 0.00000300. The normalized spacial score (nSPS) is 10.4. The zero-order valence-corrected chi connectivity index (χ0v) is 18.6. The van der Waals surface area contributed by atoms with Crippen molar-refractivity contribution in [1.29, 1.82) is 0 Å². The predicted molar refractivity (Wildman–Crippen MR) is 118 cm³/mol. The summed E-state index contributed by atoms with van der Waals surface area (Å²) in [4.78, 5) is 0. The summed E-state index contributed by atoms with van der Waals surface area (Å²) in [5.74, 6) is 2.18. The van der Waals surface area contributed by atoms with Crippen LogP contribution in [0.1, 0.15) is 12.5 Å². The number of methoxy groups -OCH3 is 1. The van der Waals surface area contributed by atoms with Crippen LogP contribution in [0.15, 0.2) is 47.6 Å². The molecule has 2 aromatic carbocycles. The summed E-state index contributed by atoms with van der Waals surface area (Å²) in [6.07, 6.45) is 0. The van der Waals surface area contributed by atoms with Crippen molar-refractivity contribution in [2.75, 3.05) is 26.0 Å². The molecule has 0 aliphatic carbocycles. The smallest absolute Gasteiger partial charge is 0.214 e. The monoisotopic (exact) mass is 455 g/mol. The van der Waals surface area contributed by atoms with Crippen molar-refractivity contribution in [3.8, 4) is 17.2 Å². The molecule has 0 saturated heterocycles. The van der Waals surface area contributed by atoms with Gasteiger partial charge in [0.25, 0.3) is 0 Å². The summed E-state index contributed by atoms with van der Waals surface area (Å²) in [6, 6.07) is 13.5. The van der Waals surface area contributed by atoms with E-state index in [1.54, 1.807) is 29.6 Å². The highest BCUT2D eigenvalue weighted by atomic mass is 35.5. The molecule has 3 rings (SSSR count). The largest absolute Gasteiger partial charge is 0.493 e. The standard InChI is InChI=1S/C19H22ClN5O2S.ClH/c1-3-27-18-14(11-15(20)12-17(18)26-2)13-21-9-10-28-19-22-23-24-25(19)16-7-5-4-6-8-16;/h4-8,11-12,21H,3,9-10,13H2,1-2H3;1H. The van der Waals surface area contributed by atoms with Crippen LogP contribution in [0.2, 0.25) is 5.02 Å². The third-order valence-electron chi connectivity index (χ3n) is 3.87. The van der Waals surface area contributed by atoms with Crippen molar-refractivity contribution in [2.45, 2.75) is 18.6 Å². The summed E-state index contributed by atoms with van der Waals surface area (Å²) in [5.41, 5.74) is 1.90. The zero-order chi connectivity index (χ0) is 19.8. The van der Waals surface area contributed by atoms with Gasteiger partial charge < -0.3 is 14.8 Å². The van der Waals surface area contributed by atoms with Gasteiger partial charge in [-0.1, -0.05) is 41.6 Å². The molecule has 0 bridgehead atoms. The highest BCUT2D eigenvalue weighted by molar-refractivity contribution is 7.99. The number of rotatable bonds is 10. The van der Waals surface area contributed by atoms with Crippen LogP contribution in [0, 0.1) is 0 Å². The topological polar surface area (TPSA) is 74.1 Å². The van der Waals surface area contributed by atoms with Crippen LogP contribution in [0.4, 0.5) is 0 Å². The first-order chi connectivity index (χ1) is 13.7. The average Bonchev–Trinajstić information content (AvgIpc) is 3.18. The number of tetrazole rings is 1. The van der Waals surface area contributed by atoms with Crippen LogP contribution in [-0.4, -0.2) is 46.2 Å². The molecule has 3 aromatic rings. The van der Waals surface area contributed by atoms with Crippen molar-refractivity contribution in [1.82, 2.24) is 25.5 Å². The van der Waals surface area contributed by atoms with Crippen LogP contribution >= 0.6 is 35.8 Å². The maximum Gasteiger partial charge on any atom is 0.214 e. The van der Waals surface area contributed by atoms with Gasteiger partial charge in [-0.05, 0) is 35.5 Å². The third kappa shape index (κ3) is 6.24. The van der Waals surface area contributed by atoms with Gasteiger partial charge in [0.1, 0.15) is 0 Å². The summed E-state index contributed by atoms with van der Waals surface area (Å²) in [7, 11) is 1.61. The molecule has 1 aromatic heterocycles. The van der Waals surface area contributed by atoms with Gasteiger partial charge in [0, 0.05) is 35.5 Å². The van der Waals surface area contributed by atoms with Crippen LogP contribution in [0.3, 0.4) is 0 Å². The molecule has 1 N–H and O–H groups in total. The number of hydrogen-bond donors (Lipinski definition) is 1. The van der Waals surface area contributed by atoms with E-state index >= 15 is 0 Å². The van der Waals surface area contributed by atoms with Gasteiger partial charge in [-0.15, -0.1) is 17.5 Å². The van der Waals surface area contributed by atoms with E-state index in [1.807, 2.05) is 43.3 Å². The highest BCUT2D eigenvalue weighted by Crippen LogP contribution is 2.34. The average molecular weight is 456 g/mol. The number of halogens is 2. The molecule has 0 amide bonds. The molecule has 1 heterocycles. The quantitative estimate of drug-likeness (QED) is 0.365. The van der Waals surface area contributed by atoms with Crippen LogP contribution in [-0.2, 0) is 6.54 Å². The number of nitrogens with one attached hydrogen (secondary N) is 1. The summed E-state index contributed by atoms with van der Waals surface area (Å²) < 4.78 is 12.9. The molecule has 0 spiro atoms. The number of benzene rings is 2. The van der Waals surface area contributed by atoms with Crippen molar-refractivity contribution in [3.63, 3.8) is 0 Å². The second-order valence-electron chi connectivity index (χ2n) is 5.76. The molecular weight excluding hydrogens is 433 g/mol. The Morgan fingerprint density at radius 1 is 1.21 bits per heavy atom. The molecule has 0 fully saturated rings. The minimum atomic E-state index is 0. The molecule has 0 radical (unpaired) electrons. The lowest BCUT2D eigenvalue weighted by Gasteiger charge is -2.15. The Kier molecular flexibility index (Phi) is 9.53. The van der Waals surface area contributed by atoms with E-state index in [9.17, 15) is 0 Å². The lowest BCUT2D eigenvalue weighted by Crippen LogP contribution is -2.17. The van der Waals surface area contributed by atoms with E-state index in [-0.39, 0.29) is 12.4 Å². The van der Waals surface area contributed by atoms with Crippen LogP contribution < -0.4 is 14.8 Å². The Morgan fingerprint density at radius 2 is 2.00 bits per heavy atom. The highest BCUT2D eigenvalue weighted by Gasteiger charge is 2.13. The molecule has 7 nitrogen and oxygen atoms in total. The third-order valence-corrected chi connectivity index (χ3v) is 5.01. The van der Waals surface area contributed by atoms with Gasteiger partial charge in [-0.3, -0.25) is 0 Å². The SMILES string of the molecule is CCOc1c(CNCCSc2nnnn2-c2ccccc2)cc(Cl)cc1OC.Cl. The molecule has 0 saturated carbocycles. The number of thioether (sulfide) groups is 1. The van der Waals surface area contributed by atoms with E-state index in [0.29, 0.717) is 23.9 Å². The van der Waals surface area contributed by atoms with E-state index in [0.717, 1.165) is 34.5 Å². The lowest BCUT2D eigenvalue weighted by molar-refractivity contribution is 0.307. The molecular formula is C19H23Cl2N5O2S. The fourth-order valence-corrected chi connectivity index (χ4v) is 3.67. The van der Waals surface area contributed by atoms with E-state index in [4.69, 9.17) is 21.1 Å². The minimum absolute atomic E-state index is 0. The van der Waals surface area contributed by atoms with Gasteiger partial charge in [0.2, 0.25) is 5.16 Å². The molecule has 156 valence electrons. The Labute approximate surface area is 185 Å². The Morgan fingerprint density at radius 3 is 2.72 bits per heavy atom. The summed E-state index contributed by atoms with van der Waals surface area (Å²) >= 11 is 7.78. The maximum absolute atomic E-state index is 6.19. The fraction of sp³-hybridized carbons (Fsp3) is 0.316. The van der Waals surface area contributed by atoms with Crippen LogP contribution in [0.5, 0.6) is 11.5 Å². The number of hydrogen-bond acceptors (Lipinski definition) is 7. The van der Waals surface area contributed by atoms with Gasteiger partial charge >= 0.3 is 0 Å². The van der Waals surface area contributed by atoms with Gasteiger partial charge in [-0.25, -0.2) is 0 Å². The van der Waals surface area contributed by atoms with E-state index < -0.39 is 0 Å². The summed E-state index contributed by atoms with van der Waals surface area (Å²) in [5, 5.41) is 16.7. The Bertz CT molecular complexity index is 896. The van der Waals surface area contributed by atoms with Gasteiger partial charge in [0.15, 0.2) is 11.5 Å². The summed E-state index contributed by atoms with van der Waals surface area (Å²) in [6.45, 7) is 3.89. The van der Waals surface area contributed by atoms with Crippen molar-refractivity contribution >= 4 is 35.8 Å². The molecule has 10 heteroatoms. The van der Waals surface area contributed by atoms with Crippen molar-refractivity contribution in [3.05, 3.63) is 53.1 Å². The number of para-hydroxylation sites is 1. The first kappa shape index (κ1) is 23.3. The number of nitrogens with zero attached hydrogens (tertiary/aromatic N) is 4. The second-order valence-corrected chi connectivity index (χ2v) is 7.26. The molecule has 0 aliphatic rings. The number of aromatic nitrogens is 4. The molecule has 0 aliphatic heterocycles. The molecule has 0 atom stereocenters. The second kappa shape index (κ2) is 11.9. The molecule has 29 heavy (non-hydrogen) atoms. The maximum atomic E-state index is 6.19. The van der Waals surface area contributed by atoms with E-state index in [2.05, 4.69) is 20.8 Å². The van der Waals surface area contributed by atoms with Crippen molar-refractivity contribution < 1.29 is 9.47 Å². The van der Waals surface area contributed by atoms with Gasteiger partial charge in [0.05, 0.1) is 19.4 Å². The fourth-order valence-electron chi connectivity index (χ4n) is 2.65. The first-order valence-corrected chi connectivity index (χ1v) is 10.3. The first-order valence-electron chi connectivity index (χ1n) is 8.89. The molecule has 0 unspecified atom stereocenters. The number of ether oxygens (including phenoxy) is 2. The predicted octanol–water partition coefficient (Wildman–Crippen LogP) is 4.03.